The van der Waals surface area contributed by atoms with E-state index in [4.69, 9.17) is 11.6 Å². The highest BCUT2D eigenvalue weighted by Crippen LogP contribution is 2.20. The maximum Gasteiger partial charge on any atom is 0.0802 e. The third kappa shape index (κ3) is 6.01. The van der Waals surface area contributed by atoms with Gasteiger partial charge in [0, 0.05) is 11.6 Å². The summed E-state index contributed by atoms with van der Waals surface area (Å²) in [6.45, 7) is 3.37. The molecule has 4 heteroatoms. The van der Waals surface area contributed by atoms with Gasteiger partial charge in [-0.15, -0.1) is 12.4 Å². The molecule has 1 atom stereocenters. The molecular formula is C16H25Cl2NO. The standard InChI is InChI=1S/C16H24ClNO.ClH/c17-15-8-6-14(7-9-15)16(19)10-13-18-11-4-2-1-3-5-12-18;/h6-9,16,19H,1-5,10-13H2;1H. The van der Waals surface area contributed by atoms with Gasteiger partial charge in [-0.25, -0.2) is 0 Å². The first kappa shape index (κ1) is 17.8. The van der Waals surface area contributed by atoms with Crippen molar-refractivity contribution in [2.75, 3.05) is 19.6 Å². The normalized spacial score (nSPS) is 18.7. The molecule has 1 heterocycles. The van der Waals surface area contributed by atoms with E-state index in [1.807, 2.05) is 24.3 Å². The summed E-state index contributed by atoms with van der Waals surface area (Å²) in [4.78, 5) is 2.50. The quantitative estimate of drug-likeness (QED) is 0.886. The Kier molecular flexibility index (Phi) is 8.55. The van der Waals surface area contributed by atoms with E-state index in [1.165, 1.54) is 45.2 Å². The van der Waals surface area contributed by atoms with E-state index < -0.39 is 0 Å². The first-order chi connectivity index (χ1) is 9.25. The maximum absolute atomic E-state index is 10.2. The van der Waals surface area contributed by atoms with Gasteiger partial charge in [0.2, 0.25) is 0 Å². The predicted octanol–water partition coefficient (Wildman–Crippen LogP) is 4.45. The summed E-state index contributed by atoms with van der Waals surface area (Å²) in [5, 5.41) is 10.9. The van der Waals surface area contributed by atoms with E-state index in [9.17, 15) is 5.11 Å². The van der Waals surface area contributed by atoms with Crippen LogP contribution in [0.3, 0.4) is 0 Å². The summed E-state index contributed by atoms with van der Waals surface area (Å²) < 4.78 is 0. The number of halogens is 2. The topological polar surface area (TPSA) is 23.5 Å². The summed E-state index contributed by atoms with van der Waals surface area (Å²) in [6, 6.07) is 7.52. The predicted molar refractivity (Wildman–Crippen MR) is 87.8 cm³/mol. The van der Waals surface area contributed by atoms with Crippen LogP contribution in [0.4, 0.5) is 0 Å². The smallest absolute Gasteiger partial charge is 0.0802 e. The van der Waals surface area contributed by atoms with Crippen LogP contribution in [-0.4, -0.2) is 29.6 Å². The highest BCUT2D eigenvalue weighted by atomic mass is 35.5. The van der Waals surface area contributed by atoms with Crippen LogP contribution in [0.5, 0.6) is 0 Å². The fourth-order valence-electron chi connectivity index (χ4n) is 2.69. The number of aliphatic hydroxyl groups excluding tert-OH is 1. The average Bonchev–Trinajstić information content (AvgIpc) is 2.38. The number of rotatable bonds is 4. The molecule has 0 radical (unpaired) electrons. The van der Waals surface area contributed by atoms with E-state index in [0.717, 1.165) is 23.6 Å². The lowest BCUT2D eigenvalue weighted by Gasteiger charge is -2.25. The molecule has 2 nitrogen and oxygen atoms in total. The molecule has 114 valence electrons. The molecule has 1 aliphatic rings. The van der Waals surface area contributed by atoms with Gasteiger partial charge in [-0.2, -0.15) is 0 Å². The first-order valence-electron chi connectivity index (χ1n) is 7.41. The van der Waals surface area contributed by atoms with Crippen LogP contribution in [-0.2, 0) is 0 Å². The summed E-state index contributed by atoms with van der Waals surface area (Å²) in [7, 11) is 0. The van der Waals surface area contributed by atoms with Gasteiger partial charge in [0.25, 0.3) is 0 Å². The average molecular weight is 318 g/mol. The molecule has 1 aromatic carbocycles. The summed E-state index contributed by atoms with van der Waals surface area (Å²) in [5.74, 6) is 0. The highest BCUT2D eigenvalue weighted by Gasteiger charge is 2.12. The number of hydrogen-bond acceptors (Lipinski definition) is 2. The Bertz CT molecular complexity index is 361. The molecule has 0 amide bonds. The molecule has 1 aliphatic heterocycles. The van der Waals surface area contributed by atoms with Crippen molar-refractivity contribution in [3.63, 3.8) is 0 Å². The molecule has 2 rings (SSSR count). The van der Waals surface area contributed by atoms with Crippen molar-refractivity contribution in [1.82, 2.24) is 4.90 Å². The van der Waals surface area contributed by atoms with Crippen LogP contribution in [0, 0.1) is 0 Å². The summed E-state index contributed by atoms with van der Waals surface area (Å²) >= 11 is 5.86. The minimum Gasteiger partial charge on any atom is -0.388 e. The second kappa shape index (κ2) is 9.62. The number of nitrogens with zero attached hydrogens (tertiary/aromatic N) is 1. The molecule has 1 N–H and O–H groups in total. The van der Waals surface area contributed by atoms with Gasteiger partial charge >= 0.3 is 0 Å². The molecule has 1 saturated heterocycles. The molecule has 1 aromatic rings. The van der Waals surface area contributed by atoms with E-state index in [0.29, 0.717) is 0 Å². The Hall–Kier alpha value is -0.280. The van der Waals surface area contributed by atoms with Crippen LogP contribution in [0.2, 0.25) is 5.02 Å². The zero-order valence-corrected chi connectivity index (χ0v) is 13.5. The molecular weight excluding hydrogens is 293 g/mol. The van der Waals surface area contributed by atoms with Crippen molar-refractivity contribution in [3.05, 3.63) is 34.9 Å². The van der Waals surface area contributed by atoms with Gasteiger partial charge in [-0.1, -0.05) is 43.0 Å². The van der Waals surface area contributed by atoms with Crippen LogP contribution < -0.4 is 0 Å². The third-order valence-electron chi connectivity index (χ3n) is 3.92. The Morgan fingerprint density at radius 1 is 1.00 bits per heavy atom. The van der Waals surface area contributed by atoms with E-state index in [2.05, 4.69) is 4.90 Å². The van der Waals surface area contributed by atoms with Crippen molar-refractivity contribution in [1.29, 1.82) is 0 Å². The van der Waals surface area contributed by atoms with Gasteiger partial charge in [0.1, 0.15) is 0 Å². The van der Waals surface area contributed by atoms with Crippen LogP contribution in [0.25, 0.3) is 0 Å². The monoisotopic (exact) mass is 317 g/mol. The third-order valence-corrected chi connectivity index (χ3v) is 4.17. The fourth-order valence-corrected chi connectivity index (χ4v) is 2.82. The Balaban J connectivity index is 0.00000200. The van der Waals surface area contributed by atoms with Crippen LogP contribution in [0.1, 0.15) is 50.2 Å². The van der Waals surface area contributed by atoms with Crippen molar-refractivity contribution in [3.8, 4) is 0 Å². The van der Waals surface area contributed by atoms with Crippen molar-refractivity contribution < 1.29 is 5.11 Å². The highest BCUT2D eigenvalue weighted by molar-refractivity contribution is 6.30. The second-order valence-electron chi connectivity index (χ2n) is 5.47. The SMILES string of the molecule is Cl.OC(CCN1CCCCCCC1)c1ccc(Cl)cc1. The van der Waals surface area contributed by atoms with Gasteiger partial charge in [0.05, 0.1) is 6.10 Å². The molecule has 0 aliphatic carbocycles. The number of hydrogen-bond donors (Lipinski definition) is 1. The van der Waals surface area contributed by atoms with Gasteiger partial charge in [-0.3, -0.25) is 0 Å². The Labute approximate surface area is 133 Å². The summed E-state index contributed by atoms with van der Waals surface area (Å²) in [6.07, 6.45) is 7.14. The minimum atomic E-state index is -0.372. The summed E-state index contributed by atoms with van der Waals surface area (Å²) in [5.41, 5.74) is 0.969. The molecule has 1 unspecified atom stereocenters. The first-order valence-corrected chi connectivity index (χ1v) is 7.79. The lowest BCUT2D eigenvalue weighted by Crippen LogP contribution is -2.29. The number of likely N-dealkylation sites (tertiary alicyclic amines) is 1. The van der Waals surface area contributed by atoms with Crippen molar-refractivity contribution in [2.24, 2.45) is 0 Å². The zero-order valence-electron chi connectivity index (χ0n) is 11.9. The van der Waals surface area contributed by atoms with E-state index >= 15 is 0 Å². The molecule has 0 saturated carbocycles. The number of aliphatic hydroxyl groups is 1. The van der Waals surface area contributed by atoms with Crippen molar-refractivity contribution >= 4 is 24.0 Å². The Morgan fingerprint density at radius 3 is 2.15 bits per heavy atom. The second-order valence-corrected chi connectivity index (χ2v) is 5.90. The molecule has 0 spiro atoms. The number of benzene rings is 1. The van der Waals surface area contributed by atoms with Gasteiger partial charge in [-0.05, 0) is 50.0 Å². The molecule has 0 bridgehead atoms. The van der Waals surface area contributed by atoms with Crippen LogP contribution >= 0.6 is 24.0 Å². The molecule has 20 heavy (non-hydrogen) atoms. The van der Waals surface area contributed by atoms with Gasteiger partial charge < -0.3 is 10.0 Å². The zero-order chi connectivity index (χ0) is 13.5. The Morgan fingerprint density at radius 2 is 1.55 bits per heavy atom. The maximum atomic E-state index is 10.2. The molecule has 1 fully saturated rings. The van der Waals surface area contributed by atoms with Crippen molar-refractivity contribution in [2.45, 2.75) is 44.6 Å². The largest absolute Gasteiger partial charge is 0.388 e. The van der Waals surface area contributed by atoms with Crippen LogP contribution in [0.15, 0.2) is 24.3 Å². The van der Waals surface area contributed by atoms with E-state index in [-0.39, 0.29) is 18.5 Å². The lowest BCUT2D eigenvalue weighted by molar-refractivity contribution is 0.138. The minimum absolute atomic E-state index is 0. The molecule has 0 aromatic heterocycles. The fraction of sp³-hybridized carbons (Fsp3) is 0.625. The van der Waals surface area contributed by atoms with Gasteiger partial charge in [0.15, 0.2) is 0 Å². The van der Waals surface area contributed by atoms with E-state index in [1.54, 1.807) is 0 Å². The lowest BCUT2D eigenvalue weighted by atomic mass is 10.1.